The van der Waals surface area contributed by atoms with E-state index in [4.69, 9.17) is 0 Å². The smallest absolute Gasteiger partial charge is 0.317 e. The predicted molar refractivity (Wildman–Crippen MR) is 161 cm³/mol. The van der Waals surface area contributed by atoms with Gasteiger partial charge in [0.1, 0.15) is 11.6 Å². The Morgan fingerprint density at radius 1 is 0.884 bits per heavy atom. The van der Waals surface area contributed by atoms with E-state index in [0.29, 0.717) is 88.9 Å². The number of aliphatic carboxylic acids is 1. The average Bonchev–Trinajstić information content (AvgIpc) is 3.36. The maximum absolute atomic E-state index is 12.8. The van der Waals surface area contributed by atoms with Crippen molar-refractivity contribution in [3.8, 4) is 0 Å². The first-order chi connectivity index (χ1) is 20.4. The molecular formula is C31H51N7O5. The van der Waals surface area contributed by atoms with Crippen molar-refractivity contribution >= 4 is 23.4 Å². The molecule has 1 saturated carbocycles. The van der Waals surface area contributed by atoms with E-state index in [1.165, 1.54) is 5.69 Å². The minimum absolute atomic E-state index is 0.0569. The summed E-state index contributed by atoms with van der Waals surface area (Å²) in [4.78, 5) is 54.4. The molecule has 0 aromatic carbocycles. The summed E-state index contributed by atoms with van der Waals surface area (Å²) in [7, 11) is 0. The Morgan fingerprint density at radius 2 is 1.47 bits per heavy atom. The number of carbonyl (C=O) groups is 4. The first kappa shape index (κ1) is 33.2. The standard InChI is InChI=1S/C31H51N7O5/c1-22(39)19-35-12-14-36(15-17-37(16-13-35)21-30(42)43)20-29(41)32-10-5-11-38-27-9-7-24-23(6-8-26(27)33-34-38)25(24)18-28(40)31(2,3)4/h23-25H,5-21H2,1-4H3,(H,32,41)(H,42,43)/t23?,24?,25-/m0/s1. The van der Waals surface area contributed by atoms with Crippen LogP contribution >= 0.6 is 0 Å². The molecule has 0 radical (unpaired) electrons. The maximum Gasteiger partial charge on any atom is 0.317 e. The topological polar surface area (TPSA) is 141 Å². The van der Waals surface area contributed by atoms with Crippen molar-refractivity contribution in [1.29, 1.82) is 0 Å². The Labute approximate surface area is 255 Å². The summed E-state index contributed by atoms with van der Waals surface area (Å²) in [5.74, 6) is 1.27. The summed E-state index contributed by atoms with van der Waals surface area (Å²) >= 11 is 0. The van der Waals surface area contributed by atoms with Gasteiger partial charge in [-0.1, -0.05) is 26.0 Å². The molecule has 2 unspecified atom stereocenters. The molecule has 1 aromatic heterocycles. The second-order valence-corrected chi connectivity index (χ2v) is 13.8. The SMILES string of the molecule is CC(=O)CN1CCN(CC(=O)O)CCN(CC(=O)NCCCn2nnc3c2CCC2C(CC3)[C@@H]2CC(=O)C(C)(C)C)CC1. The van der Waals surface area contributed by atoms with E-state index in [1.54, 1.807) is 6.92 Å². The minimum atomic E-state index is -0.880. The van der Waals surface area contributed by atoms with Gasteiger partial charge in [0.25, 0.3) is 0 Å². The fourth-order valence-corrected chi connectivity index (χ4v) is 6.71. The number of carboxylic acids is 1. The van der Waals surface area contributed by atoms with Gasteiger partial charge in [-0.2, -0.15) is 0 Å². The van der Waals surface area contributed by atoms with E-state index in [1.807, 2.05) is 40.2 Å². The summed E-state index contributed by atoms with van der Waals surface area (Å²) in [6, 6.07) is 0. The highest BCUT2D eigenvalue weighted by Crippen LogP contribution is 2.55. The lowest BCUT2D eigenvalue weighted by molar-refractivity contribution is -0.138. The molecule has 0 bridgehead atoms. The molecule has 2 aliphatic carbocycles. The molecule has 2 fully saturated rings. The average molecular weight is 602 g/mol. The van der Waals surface area contributed by atoms with Crippen molar-refractivity contribution in [3.63, 3.8) is 0 Å². The molecule has 12 nitrogen and oxygen atoms in total. The molecule has 4 rings (SSSR count). The highest BCUT2D eigenvalue weighted by atomic mass is 16.4. The summed E-state index contributed by atoms with van der Waals surface area (Å²) in [5.41, 5.74) is 2.01. The number of Topliss-reactive ketones (excluding diaryl/α,β-unsaturated/α-hetero) is 2. The molecule has 2 N–H and O–H groups in total. The number of nitrogens with zero attached hydrogens (tertiary/aromatic N) is 6. The lowest BCUT2D eigenvalue weighted by Gasteiger charge is -2.24. The van der Waals surface area contributed by atoms with Crippen LogP contribution in [0, 0.1) is 23.2 Å². The number of nitrogens with one attached hydrogen (secondary N) is 1. The lowest BCUT2D eigenvalue weighted by atomic mass is 9.87. The summed E-state index contributed by atoms with van der Waals surface area (Å²) in [6.45, 7) is 12.9. The van der Waals surface area contributed by atoms with E-state index in [-0.39, 0.29) is 30.2 Å². The van der Waals surface area contributed by atoms with Gasteiger partial charge in [0.15, 0.2) is 0 Å². The molecule has 0 spiro atoms. The third-order valence-corrected chi connectivity index (χ3v) is 9.35. The van der Waals surface area contributed by atoms with Crippen LogP contribution in [0.1, 0.15) is 64.8 Å². The molecular weight excluding hydrogens is 550 g/mol. The fraction of sp³-hybridized carbons (Fsp3) is 0.806. The maximum atomic E-state index is 12.8. The summed E-state index contributed by atoms with van der Waals surface area (Å²) in [5, 5.41) is 21.2. The number of amides is 1. The molecule has 12 heteroatoms. The molecule has 1 saturated heterocycles. The number of hydrogen-bond acceptors (Lipinski definition) is 9. The summed E-state index contributed by atoms with van der Waals surface area (Å²) < 4.78 is 2.00. The van der Waals surface area contributed by atoms with Gasteiger partial charge in [0.05, 0.1) is 31.0 Å². The molecule has 240 valence electrons. The normalized spacial score (nSPS) is 24.0. The van der Waals surface area contributed by atoms with Crippen LogP contribution in [-0.2, 0) is 38.6 Å². The Balaban J connectivity index is 1.21. The molecule has 2 heterocycles. The van der Waals surface area contributed by atoms with Gasteiger partial charge in [-0.3, -0.25) is 33.9 Å². The number of hydrogen-bond donors (Lipinski definition) is 2. The number of fused-ring (bicyclic) bond motifs is 2. The first-order valence-corrected chi connectivity index (χ1v) is 16.0. The Kier molecular flexibility index (Phi) is 11.5. The molecule has 3 aliphatic rings. The van der Waals surface area contributed by atoms with Crippen LogP contribution in [0.15, 0.2) is 0 Å². The monoisotopic (exact) mass is 601 g/mol. The second kappa shape index (κ2) is 14.9. The molecule has 1 amide bonds. The summed E-state index contributed by atoms with van der Waals surface area (Å²) in [6.07, 6.45) is 5.44. The lowest BCUT2D eigenvalue weighted by Crippen LogP contribution is -2.43. The number of aromatic nitrogens is 3. The van der Waals surface area contributed by atoms with Gasteiger partial charge in [0.2, 0.25) is 5.91 Å². The van der Waals surface area contributed by atoms with Gasteiger partial charge in [-0.15, -0.1) is 5.10 Å². The van der Waals surface area contributed by atoms with Gasteiger partial charge >= 0.3 is 5.97 Å². The Bertz CT molecular complexity index is 1120. The predicted octanol–water partition coefficient (Wildman–Crippen LogP) is 1.12. The number of carboxylic acid groups (broad SMARTS) is 1. The van der Waals surface area contributed by atoms with Gasteiger partial charge in [0, 0.05) is 64.2 Å². The number of rotatable bonds is 12. The number of carbonyl (C=O) groups excluding carboxylic acids is 3. The quantitative estimate of drug-likeness (QED) is 0.335. The van der Waals surface area contributed by atoms with Crippen molar-refractivity contribution in [3.05, 3.63) is 11.4 Å². The third kappa shape index (κ3) is 9.90. The van der Waals surface area contributed by atoms with Gasteiger partial charge in [-0.25, -0.2) is 4.68 Å². The van der Waals surface area contributed by atoms with Crippen LogP contribution in [0.3, 0.4) is 0 Å². The zero-order chi connectivity index (χ0) is 31.1. The van der Waals surface area contributed by atoms with E-state index < -0.39 is 5.97 Å². The van der Waals surface area contributed by atoms with Crippen LogP contribution < -0.4 is 5.32 Å². The van der Waals surface area contributed by atoms with E-state index >= 15 is 0 Å². The van der Waals surface area contributed by atoms with Crippen LogP contribution in [0.2, 0.25) is 0 Å². The third-order valence-electron chi connectivity index (χ3n) is 9.35. The van der Waals surface area contributed by atoms with Crippen molar-refractivity contribution in [1.82, 2.24) is 35.0 Å². The van der Waals surface area contributed by atoms with Gasteiger partial charge in [-0.05, 0) is 56.8 Å². The molecule has 43 heavy (non-hydrogen) atoms. The molecule has 1 aromatic rings. The molecule has 3 atom stereocenters. The molecule has 1 aliphatic heterocycles. The van der Waals surface area contributed by atoms with Crippen LogP contribution in [-0.4, -0.2) is 124 Å². The van der Waals surface area contributed by atoms with E-state index in [0.717, 1.165) is 37.8 Å². The number of ketones is 2. The van der Waals surface area contributed by atoms with Crippen molar-refractivity contribution in [2.24, 2.45) is 23.2 Å². The van der Waals surface area contributed by atoms with Crippen LogP contribution in [0.4, 0.5) is 0 Å². The zero-order valence-electron chi connectivity index (χ0n) is 26.5. The minimum Gasteiger partial charge on any atom is -0.480 e. The number of aryl methyl sites for hydroxylation is 2. The van der Waals surface area contributed by atoms with Crippen molar-refractivity contribution in [2.75, 3.05) is 65.4 Å². The highest BCUT2D eigenvalue weighted by molar-refractivity contribution is 5.84. The van der Waals surface area contributed by atoms with E-state index in [2.05, 4.69) is 15.6 Å². The largest absolute Gasteiger partial charge is 0.480 e. The van der Waals surface area contributed by atoms with Crippen LogP contribution in [0.25, 0.3) is 0 Å². The van der Waals surface area contributed by atoms with Crippen LogP contribution in [0.5, 0.6) is 0 Å². The van der Waals surface area contributed by atoms with Crippen molar-refractivity contribution < 1.29 is 24.3 Å². The van der Waals surface area contributed by atoms with E-state index in [9.17, 15) is 24.3 Å². The zero-order valence-corrected chi connectivity index (χ0v) is 26.5. The fourth-order valence-electron chi connectivity index (χ4n) is 6.71. The first-order valence-electron chi connectivity index (χ1n) is 16.0. The van der Waals surface area contributed by atoms with Gasteiger partial charge < -0.3 is 10.4 Å². The second-order valence-electron chi connectivity index (χ2n) is 13.8. The Morgan fingerprint density at radius 3 is 2.05 bits per heavy atom. The van der Waals surface area contributed by atoms with Crippen molar-refractivity contribution in [2.45, 2.75) is 72.8 Å². The highest BCUT2D eigenvalue weighted by Gasteiger charge is 2.51. The Hall–Kier alpha value is -2.70.